The van der Waals surface area contributed by atoms with E-state index >= 15 is 0 Å². The molecule has 0 aliphatic carbocycles. The van der Waals surface area contributed by atoms with E-state index in [9.17, 15) is 4.79 Å². The topological polar surface area (TPSA) is 58.4 Å². The SMILES string of the molecule is Cc1nn(C)c(N2CCCC2C(C)C)c1C=CC(=O)O. The van der Waals surface area contributed by atoms with Crippen molar-refractivity contribution in [2.24, 2.45) is 13.0 Å². The van der Waals surface area contributed by atoms with Crippen LogP contribution in [0.15, 0.2) is 6.08 Å². The molecule has 110 valence electrons. The molecular weight excluding hydrogens is 254 g/mol. The first-order valence-electron chi connectivity index (χ1n) is 7.13. The van der Waals surface area contributed by atoms with Gasteiger partial charge in [-0.1, -0.05) is 13.8 Å². The average Bonchev–Trinajstić information content (AvgIpc) is 2.90. The Kier molecular flexibility index (Phi) is 4.16. The number of hydrogen-bond acceptors (Lipinski definition) is 3. The van der Waals surface area contributed by atoms with Crippen LogP contribution in [0.1, 0.15) is 37.9 Å². The van der Waals surface area contributed by atoms with Gasteiger partial charge in [-0.3, -0.25) is 4.68 Å². The maximum absolute atomic E-state index is 10.8. The van der Waals surface area contributed by atoms with Gasteiger partial charge in [0.15, 0.2) is 0 Å². The first-order valence-corrected chi connectivity index (χ1v) is 7.13. The predicted molar refractivity (Wildman–Crippen MR) is 79.8 cm³/mol. The molecule has 0 saturated carbocycles. The van der Waals surface area contributed by atoms with E-state index in [4.69, 9.17) is 5.11 Å². The average molecular weight is 277 g/mol. The minimum atomic E-state index is -0.930. The zero-order valence-corrected chi connectivity index (χ0v) is 12.6. The molecule has 1 atom stereocenters. The van der Waals surface area contributed by atoms with Crippen molar-refractivity contribution < 1.29 is 9.90 Å². The highest BCUT2D eigenvalue weighted by molar-refractivity contribution is 5.87. The molecule has 1 aliphatic heterocycles. The maximum Gasteiger partial charge on any atom is 0.328 e. The van der Waals surface area contributed by atoms with Crippen molar-refractivity contribution in [1.29, 1.82) is 0 Å². The standard InChI is InChI=1S/C15H23N3O2/c1-10(2)13-6-5-9-18(13)15-12(7-8-14(19)20)11(3)16-17(15)4/h7-8,10,13H,5-6,9H2,1-4H3,(H,19,20). The van der Waals surface area contributed by atoms with Gasteiger partial charge in [0.05, 0.1) is 5.69 Å². The van der Waals surface area contributed by atoms with Crippen LogP contribution in [-0.2, 0) is 11.8 Å². The summed E-state index contributed by atoms with van der Waals surface area (Å²) < 4.78 is 1.87. The Morgan fingerprint density at radius 2 is 2.20 bits per heavy atom. The highest BCUT2D eigenvalue weighted by Gasteiger charge is 2.31. The lowest BCUT2D eigenvalue weighted by Gasteiger charge is -2.30. The van der Waals surface area contributed by atoms with Crippen molar-refractivity contribution in [2.75, 3.05) is 11.4 Å². The molecule has 1 aromatic rings. The molecule has 1 unspecified atom stereocenters. The van der Waals surface area contributed by atoms with Crippen LogP contribution >= 0.6 is 0 Å². The number of carboxylic acids is 1. The first kappa shape index (κ1) is 14.6. The summed E-state index contributed by atoms with van der Waals surface area (Å²) in [4.78, 5) is 13.1. The van der Waals surface area contributed by atoms with Gasteiger partial charge in [-0.05, 0) is 31.8 Å². The van der Waals surface area contributed by atoms with Gasteiger partial charge < -0.3 is 10.0 Å². The number of rotatable bonds is 4. The summed E-state index contributed by atoms with van der Waals surface area (Å²) in [5.41, 5.74) is 1.79. The summed E-state index contributed by atoms with van der Waals surface area (Å²) in [6.07, 6.45) is 5.21. The molecule has 2 heterocycles. The second-order valence-corrected chi connectivity index (χ2v) is 5.76. The number of nitrogens with zero attached hydrogens (tertiary/aromatic N) is 3. The minimum absolute atomic E-state index is 0.502. The largest absolute Gasteiger partial charge is 0.478 e. The lowest BCUT2D eigenvalue weighted by Crippen LogP contribution is -2.35. The number of aryl methyl sites for hydroxylation is 2. The van der Waals surface area contributed by atoms with Crippen molar-refractivity contribution in [1.82, 2.24) is 9.78 Å². The van der Waals surface area contributed by atoms with Crippen molar-refractivity contribution in [3.63, 3.8) is 0 Å². The second kappa shape index (κ2) is 5.69. The monoisotopic (exact) mass is 277 g/mol. The number of hydrogen-bond donors (Lipinski definition) is 1. The molecule has 5 nitrogen and oxygen atoms in total. The Morgan fingerprint density at radius 1 is 1.50 bits per heavy atom. The zero-order valence-electron chi connectivity index (χ0n) is 12.6. The molecule has 0 spiro atoms. The normalized spacial score (nSPS) is 19.4. The summed E-state index contributed by atoms with van der Waals surface area (Å²) in [6.45, 7) is 7.40. The Morgan fingerprint density at radius 3 is 2.80 bits per heavy atom. The molecule has 1 N–H and O–H groups in total. The molecule has 5 heteroatoms. The molecule has 0 amide bonds. The zero-order chi connectivity index (χ0) is 14.9. The maximum atomic E-state index is 10.8. The van der Waals surface area contributed by atoms with Gasteiger partial charge in [0, 0.05) is 31.3 Å². The van der Waals surface area contributed by atoms with Crippen molar-refractivity contribution in [2.45, 2.75) is 39.7 Å². The molecule has 1 aromatic heterocycles. The molecular formula is C15H23N3O2. The third-order valence-corrected chi connectivity index (χ3v) is 3.97. The van der Waals surface area contributed by atoms with Gasteiger partial charge in [0.25, 0.3) is 0 Å². The van der Waals surface area contributed by atoms with Crippen LogP contribution in [0.3, 0.4) is 0 Å². The molecule has 0 bridgehead atoms. The van der Waals surface area contributed by atoms with Crippen LogP contribution in [0.2, 0.25) is 0 Å². The van der Waals surface area contributed by atoms with Crippen molar-refractivity contribution >= 4 is 17.9 Å². The Bertz CT molecular complexity index is 531. The summed E-state index contributed by atoms with van der Waals surface area (Å²) in [6, 6.07) is 0.502. The van der Waals surface area contributed by atoms with Gasteiger partial charge in [-0.25, -0.2) is 4.79 Å². The van der Waals surface area contributed by atoms with E-state index in [-0.39, 0.29) is 0 Å². The number of aromatic nitrogens is 2. The summed E-state index contributed by atoms with van der Waals surface area (Å²) in [7, 11) is 1.93. The smallest absolute Gasteiger partial charge is 0.328 e. The Labute approximate surface area is 119 Å². The minimum Gasteiger partial charge on any atom is -0.478 e. The quantitative estimate of drug-likeness (QED) is 0.859. The highest BCUT2D eigenvalue weighted by Crippen LogP contribution is 2.33. The molecule has 20 heavy (non-hydrogen) atoms. The Hall–Kier alpha value is -1.78. The lowest BCUT2D eigenvalue weighted by atomic mass is 10.0. The number of carboxylic acid groups (broad SMARTS) is 1. The van der Waals surface area contributed by atoms with Crippen LogP contribution in [0.5, 0.6) is 0 Å². The third-order valence-electron chi connectivity index (χ3n) is 3.97. The Balaban J connectivity index is 2.42. The van der Waals surface area contributed by atoms with E-state index in [1.165, 1.54) is 18.9 Å². The molecule has 1 fully saturated rings. The van der Waals surface area contributed by atoms with Gasteiger partial charge >= 0.3 is 5.97 Å². The van der Waals surface area contributed by atoms with Crippen LogP contribution < -0.4 is 4.90 Å². The highest BCUT2D eigenvalue weighted by atomic mass is 16.4. The fraction of sp³-hybridized carbons (Fsp3) is 0.600. The molecule has 0 aromatic carbocycles. The van der Waals surface area contributed by atoms with E-state index < -0.39 is 5.97 Å². The van der Waals surface area contributed by atoms with Gasteiger partial charge in [0.2, 0.25) is 0 Å². The van der Waals surface area contributed by atoms with E-state index in [0.29, 0.717) is 12.0 Å². The van der Waals surface area contributed by atoms with Crippen LogP contribution in [0, 0.1) is 12.8 Å². The van der Waals surface area contributed by atoms with Crippen LogP contribution in [0.25, 0.3) is 6.08 Å². The van der Waals surface area contributed by atoms with E-state index in [1.807, 2.05) is 18.7 Å². The van der Waals surface area contributed by atoms with E-state index in [0.717, 1.165) is 23.6 Å². The number of anilines is 1. The summed E-state index contributed by atoms with van der Waals surface area (Å²) >= 11 is 0. The number of aliphatic carboxylic acids is 1. The van der Waals surface area contributed by atoms with Gasteiger partial charge in [-0.15, -0.1) is 0 Å². The summed E-state index contributed by atoms with van der Waals surface area (Å²) in [5.74, 6) is 0.682. The fourth-order valence-corrected chi connectivity index (χ4v) is 3.10. The van der Waals surface area contributed by atoms with Crippen molar-refractivity contribution in [3.05, 3.63) is 17.3 Å². The lowest BCUT2D eigenvalue weighted by molar-refractivity contribution is -0.131. The molecule has 0 radical (unpaired) electrons. The van der Waals surface area contributed by atoms with E-state index in [2.05, 4.69) is 23.8 Å². The van der Waals surface area contributed by atoms with E-state index in [1.54, 1.807) is 6.08 Å². The van der Waals surface area contributed by atoms with Gasteiger partial charge in [-0.2, -0.15) is 5.10 Å². The third kappa shape index (κ3) is 2.71. The summed E-state index contributed by atoms with van der Waals surface area (Å²) in [5, 5.41) is 13.3. The number of carbonyl (C=O) groups is 1. The van der Waals surface area contributed by atoms with Gasteiger partial charge in [0.1, 0.15) is 5.82 Å². The molecule has 1 saturated heterocycles. The van der Waals surface area contributed by atoms with Crippen molar-refractivity contribution in [3.8, 4) is 0 Å². The predicted octanol–water partition coefficient (Wildman–Crippen LogP) is 2.45. The van der Waals surface area contributed by atoms with Crippen LogP contribution in [0.4, 0.5) is 5.82 Å². The second-order valence-electron chi connectivity index (χ2n) is 5.76. The van der Waals surface area contributed by atoms with Crippen LogP contribution in [-0.4, -0.2) is 33.4 Å². The molecule has 2 rings (SSSR count). The first-order chi connectivity index (χ1) is 9.41. The fourth-order valence-electron chi connectivity index (χ4n) is 3.10. The molecule has 1 aliphatic rings.